The summed E-state index contributed by atoms with van der Waals surface area (Å²) < 4.78 is 0. The van der Waals surface area contributed by atoms with Crippen LogP contribution in [0.25, 0.3) is 0 Å². The second-order valence-electron chi connectivity index (χ2n) is 5.88. The summed E-state index contributed by atoms with van der Waals surface area (Å²) in [5.74, 6) is 0.150. The van der Waals surface area contributed by atoms with Gasteiger partial charge >= 0.3 is 5.97 Å². The molecule has 0 bridgehead atoms. The first-order valence-electron chi connectivity index (χ1n) is 7.41. The Kier molecular flexibility index (Phi) is 5.45. The minimum absolute atomic E-state index is 0.196. The lowest BCUT2D eigenvalue weighted by Gasteiger charge is -2.33. The van der Waals surface area contributed by atoms with Crippen LogP contribution in [0.4, 0.5) is 0 Å². The van der Waals surface area contributed by atoms with E-state index in [0.717, 1.165) is 32.0 Å². The molecule has 4 nitrogen and oxygen atoms in total. The van der Waals surface area contributed by atoms with Gasteiger partial charge in [-0.2, -0.15) is 0 Å². The highest BCUT2D eigenvalue weighted by atomic mass is 16.4. The van der Waals surface area contributed by atoms with Gasteiger partial charge in [0.05, 0.1) is 6.54 Å². The average molecular weight is 254 g/mol. The quantitative estimate of drug-likeness (QED) is 0.784. The molecule has 0 radical (unpaired) electrons. The second-order valence-corrected chi connectivity index (χ2v) is 5.88. The Balaban J connectivity index is 1.67. The molecule has 2 fully saturated rings. The van der Waals surface area contributed by atoms with E-state index < -0.39 is 5.97 Å². The van der Waals surface area contributed by atoms with Crippen LogP contribution in [0.1, 0.15) is 44.9 Å². The van der Waals surface area contributed by atoms with Crippen LogP contribution in [0.15, 0.2) is 0 Å². The maximum atomic E-state index is 10.7. The molecule has 0 aromatic carbocycles. The fraction of sp³-hybridized carbons (Fsp3) is 0.929. The van der Waals surface area contributed by atoms with Crippen LogP contribution in [-0.4, -0.2) is 48.2 Å². The number of likely N-dealkylation sites (tertiary alicyclic amines) is 1. The van der Waals surface area contributed by atoms with Gasteiger partial charge in [0.2, 0.25) is 0 Å². The molecule has 0 aromatic rings. The van der Waals surface area contributed by atoms with E-state index in [1.165, 1.54) is 38.5 Å². The van der Waals surface area contributed by atoms with Crippen LogP contribution < -0.4 is 5.32 Å². The van der Waals surface area contributed by atoms with Crippen LogP contribution in [-0.2, 0) is 4.79 Å². The zero-order valence-corrected chi connectivity index (χ0v) is 11.2. The Morgan fingerprint density at radius 1 is 1.17 bits per heavy atom. The lowest BCUT2D eigenvalue weighted by molar-refractivity contribution is -0.138. The summed E-state index contributed by atoms with van der Waals surface area (Å²) in [5, 5.41) is 12.5. The number of nitrogens with zero attached hydrogens (tertiary/aromatic N) is 1. The Labute approximate surface area is 110 Å². The van der Waals surface area contributed by atoms with Crippen LogP contribution in [0.2, 0.25) is 0 Å². The summed E-state index contributed by atoms with van der Waals surface area (Å²) >= 11 is 0. The van der Waals surface area contributed by atoms with Crippen molar-refractivity contribution in [3.05, 3.63) is 0 Å². The average Bonchev–Trinajstić information content (AvgIpc) is 2.37. The van der Waals surface area contributed by atoms with Gasteiger partial charge in [0, 0.05) is 12.6 Å². The van der Waals surface area contributed by atoms with Gasteiger partial charge in [0.15, 0.2) is 0 Å². The van der Waals surface area contributed by atoms with Crippen molar-refractivity contribution in [1.82, 2.24) is 10.2 Å². The molecule has 0 aromatic heterocycles. The molecular weight excluding hydrogens is 228 g/mol. The van der Waals surface area contributed by atoms with Crippen molar-refractivity contribution in [2.45, 2.75) is 51.0 Å². The van der Waals surface area contributed by atoms with Crippen molar-refractivity contribution >= 4 is 5.97 Å². The molecule has 1 saturated carbocycles. The first-order valence-corrected chi connectivity index (χ1v) is 7.41. The molecule has 1 saturated heterocycles. The van der Waals surface area contributed by atoms with E-state index in [0.29, 0.717) is 6.04 Å². The number of piperidine rings is 1. The van der Waals surface area contributed by atoms with E-state index in [4.69, 9.17) is 5.11 Å². The van der Waals surface area contributed by atoms with Crippen molar-refractivity contribution in [2.24, 2.45) is 5.92 Å². The highest BCUT2D eigenvalue weighted by molar-refractivity contribution is 5.69. The fourth-order valence-corrected chi connectivity index (χ4v) is 3.28. The summed E-state index contributed by atoms with van der Waals surface area (Å²) in [4.78, 5) is 12.8. The lowest BCUT2D eigenvalue weighted by Crippen LogP contribution is -2.48. The molecule has 18 heavy (non-hydrogen) atoms. The van der Waals surface area contributed by atoms with Gasteiger partial charge < -0.3 is 10.4 Å². The smallest absolute Gasteiger partial charge is 0.317 e. The Bertz CT molecular complexity index is 265. The third kappa shape index (κ3) is 4.58. The van der Waals surface area contributed by atoms with Gasteiger partial charge in [-0.05, 0) is 44.7 Å². The van der Waals surface area contributed by atoms with E-state index in [-0.39, 0.29) is 6.54 Å². The molecule has 0 spiro atoms. The van der Waals surface area contributed by atoms with Gasteiger partial charge in [0.1, 0.15) is 0 Å². The second kappa shape index (κ2) is 7.10. The maximum Gasteiger partial charge on any atom is 0.317 e. The van der Waals surface area contributed by atoms with Crippen LogP contribution in [0.5, 0.6) is 0 Å². The van der Waals surface area contributed by atoms with Crippen LogP contribution >= 0.6 is 0 Å². The van der Waals surface area contributed by atoms with Crippen molar-refractivity contribution in [2.75, 3.05) is 26.2 Å². The van der Waals surface area contributed by atoms with E-state index in [2.05, 4.69) is 10.2 Å². The minimum atomic E-state index is -0.706. The SMILES string of the molecule is O=C(O)CN1CCCC(NCC2CCCCC2)C1. The fourth-order valence-electron chi connectivity index (χ4n) is 3.28. The molecule has 1 aliphatic carbocycles. The Morgan fingerprint density at radius 3 is 2.67 bits per heavy atom. The normalized spacial score (nSPS) is 27.2. The van der Waals surface area contributed by atoms with Crippen LogP contribution in [0, 0.1) is 5.92 Å². The summed E-state index contributed by atoms with van der Waals surface area (Å²) in [6.45, 7) is 3.17. The predicted octanol–water partition coefficient (Wildman–Crippen LogP) is 1.71. The number of nitrogens with one attached hydrogen (secondary N) is 1. The third-order valence-corrected chi connectivity index (χ3v) is 4.28. The van der Waals surface area contributed by atoms with Crippen LogP contribution in [0.3, 0.4) is 0 Å². The molecule has 2 N–H and O–H groups in total. The van der Waals surface area contributed by atoms with Crippen molar-refractivity contribution in [3.8, 4) is 0 Å². The molecule has 104 valence electrons. The molecule has 0 amide bonds. The maximum absolute atomic E-state index is 10.7. The monoisotopic (exact) mass is 254 g/mol. The topological polar surface area (TPSA) is 52.6 Å². The summed E-state index contributed by atoms with van der Waals surface area (Å²) in [7, 11) is 0. The van der Waals surface area contributed by atoms with E-state index >= 15 is 0 Å². The van der Waals surface area contributed by atoms with E-state index in [1.807, 2.05) is 0 Å². The minimum Gasteiger partial charge on any atom is -0.480 e. The summed E-state index contributed by atoms with van der Waals surface area (Å²) in [5.41, 5.74) is 0. The number of hydrogen-bond acceptors (Lipinski definition) is 3. The molecule has 1 aliphatic heterocycles. The summed E-state index contributed by atoms with van der Waals surface area (Å²) in [6.07, 6.45) is 9.26. The van der Waals surface area contributed by atoms with Crippen molar-refractivity contribution in [3.63, 3.8) is 0 Å². The Hall–Kier alpha value is -0.610. The Morgan fingerprint density at radius 2 is 1.94 bits per heavy atom. The van der Waals surface area contributed by atoms with Crippen molar-refractivity contribution < 1.29 is 9.90 Å². The molecule has 1 unspecified atom stereocenters. The molecule has 1 heterocycles. The van der Waals surface area contributed by atoms with E-state index in [9.17, 15) is 4.79 Å². The highest BCUT2D eigenvalue weighted by Gasteiger charge is 2.22. The molecule has 2 aliphatic rings. The van der Waals surface area contributed by atoms with Gasteiger partial charge in [0.25, 0.3) is 0 Å². The first kappa shape index (κ1) is 13.8. The van der Waals surface area contributed by atoms with Gasteiger partial charge in [-0.25, -0.2) is 0 Å². The molecule has 2 rings (SSSR count). The number of carbonyl (C=O) groups is 1. The van der Waals surface area contributed by atoms with E-state index in [1.54, 1.807) is 0 Å². The zero-order chi connectivity index (χ0) is 12.8. The summed E-state index contributed by atoms with van der Waals surface area (Å²) in [6, 6.07) is 0.500. The first-order chi connectivity index (χ1) is 8.74. The van der Waals surface area contributed by atoms with Gasteiger partial charge in [-0.15, -0.1) is 0 Å². The largest absolute Gasteiger partial charge is 0.480 e. The standard InChI is InChI=1S/C14H26N2O2/c17-14(18)11-16-8-4-7-13(10-16)15-9-12-5-2-1-3-6-12/h12-13,15H,1-11H2,(H,17,18). The molecular formula is C14H26N2O2. The lowest BCUT2D eigenvalue weighted by atomic mass is 9.89. The van der Waals surface area contributed by atoms with Crippen molar-refractivity contribution in [1.29, 1.82) is 0 Å². The predicted molar refractivity (Wildman–Crippen MR) is 71.7 cm³/mol. The highest BCUT2D eigenvalue weighted by Crippen LogP contribution is 2.23. The number of carboxylic acid groups (broad SMARTS) is 1. The number of rotatable bonds is 5. The third-order valence-electron chi connectivity index (χ3n) is 4.28. The molecule has 4 heteroatoms. The molecule has 1 atom stereocenters. The van der Waals surface area contributed by atoms with Gasteiger partial charge in [-0.1, -0.05) is 19.3 Å². The number of hydrogen-bond donors (Lipinski definition) is 2. The number of carboxylic acids is 1. The number of aliphatic carboxylic acids is 1. The van der Waals surface area contributed by atoms with Gasteiger partial charge in [-0.3, -0.25) is 9.69 Å². The zero-order valence-electron chi connectivity index (χ0n) is 11.2.